The van der Waals surface area contributed by atoms with Crippen molar-refractivity contribution in [3.05, 3.63) is 59.7 Å². The van der Waals surface area contributed by atoms with Gasteiger partial charge in [-0.15, -0.1) is 10.2 Å². The van der Waals surface area contributed by atoms with Gasteiger partial charge in [0.1, 0.15) is 0 Å². The Morgan fingerprint density at radius 1 is 1.06 bits per heavy atom. The zero-order valence-electron chi connectivity index (χ0n) is 21.5. The van der Waals surface area contributed by atoms with E-state index in [1.54, 1.807) is 4.90 Å². The summed E-state index contributed by atoms with van der Waals surface area (Å²) in [6, 6.07) is 15.9. The van der Waals surface area contributed by atoms with Gasteiger partial charge in [0.2, 0.25) is 11.8 Å². The number of nitrogens with zero attached hydrogens (tertiary/aromatic N) is 4. The van der Waals surface area contributed by atoms with E-state index in [0.29, 0.717) is 11.7 Å². The normalized spacial score (nSPS) is 11.4. The maximum atomic E-state index is 12.9. The molecule has 35 heavy (non-hydrogen) atoms. The first-order chi connectivity index (χ1) is 16.6. The summed E-state index contributed by atoms with van der Waals surface area (Å²) < 4.78 is 1.90. The summed E-state index contributed by atoms with van der Waals surface area (Å²) in [5.41, 5.74) is 4.06. The van der Waals surface area contributed by atoms with Crippen molar-refractivity contribution >= 4 is 29.3 Å². The number of carbonyl (C=O) groups excluding carboxylic acids is 2. The lowest BCUT2D eigenvalue weighted by Crippen LogP contribution is -2.39. The number of benzene rings is 2. The van der Waals surface area contributed by atoms with Crippen molar-refractivity contribution in [3.63, 3.8) is 0 Å². The van der Waals surface area contributed by atoms with Gasteiger partial charge in [0.15, 0.2) is 11.0 Å². The zero-order chi connectivity index (χ0) is 25.6. The average Bonchev–Trinajstić information content (AvgIpc) is 3.18. The molecule has 1 aromatic heterocycles. The van der Waals surface area contributed by atoms with Crippen LogP contribution >= 0.6 is 11.8 Å². The highest BCUT2D eigenvalue weighted by atomic mass is 32.2. The third kappa shape index (κ3) is 6.94. The van der Waals surface area contributed by atoms with E-state index < -0.39 is 0 Å². The third-order valence-electron chi connectivity index (χ3n) is 5.77. The summed E-state index contributed by atoms with van der Waals surface area (Å²) in [5.74, 6) is 0.636. The molecule has 186 valence electrons. The molecule has 0 spiro atoms. The molecule has 0 unspecified atom stereocenters. The van der Waals surface area contributed by atoms with Crippen molar-refractivity contribution in [2.24, 2.45) is 7.05 Å². The number of aryl methyl sites for hydroxylation is 1. The van der Waals surface area contributed by atoms with Crippen molar-refractivity contribution in [1.82, 2.24) is 19.7 Å². The fourth-order valence-electron chi connectivity index (χ4n) is 3.67. The van der Waals surface area contributed by atoms with Crippen LogP contribution in [0.1, 0.15) is 45.2 Å². The number of aromatic nitrogens is 3. The molecule has 0 saturated heterocycles. The molecular weight excluding hydrogens is 458 g/mol. The van der Waals surface area contributed by atoms with Crippen LogP contribution in [0, 0.1) is 6.92 Å². The third-order valence-corrected chi connectivity index (χ3v) is 6.77. The molecule has 8 heteroatoms. The summed E-state index contributed by atoms with van der Waals surface area (Å²) in [4.78, 5) is 27.1. The van der Waals surface area contributed by atoms with Crippen molar-refractivity contribution in [3.8, 4) is 11.4 Å². The standard InChI is InChI=1S/C27H35N5O2S/c1-7-16-32(17-23(33)28-22-11-9-8-10-19(22)2)24(34)18-35-26-30-29-25(31(26)6)20-12-14-21(15-13-20)27(3,4)5/h8-15H,7,16-18H2,1-6H3,(H,28,33). The molecule has 0 bridgehead atoms. The first-order valence-electron chi connectivity index (χ1n) is 11.9. The molecule has 0 aliphatic rings. The summed E-state index contributed by atoms with van der Waals surface area (Å²) in [5, 5.41) is 12.2. The smallest absolute Gasteiger partial charge is 0.244 e. The Hall–Kier alpha value is -3.13. The van der Waals surface area contributed by atoms with Crippen LogP contribution in [-0.4, -0.2) is 50.3 Å². The van der Waals surface area contributed by atoms with Crippen LogP contribution in [0.2, 0.25) is 0 Å². The van der Waals surface area contributed by atoms with Crippen LogP contribution < -0.4 is 5.32 Å². The van der Waals surface area contributed by atoms with Crippen molar-refractivity contribution in [2.75, 3.05) is 24.2 Å². The van der Waals surface area contributed by atoms with Crippen LogP contribution in [0.4, 0.5) is 5.69 Å². The van der Waals surface area contributed by atoms with Gasteiger partial charge in [0.05, 0.1) is 12.3 Å². The van der Waals surface area contributed by atoms with E-state index in [1.165, 1.54) is 17.3 Å². The summed E-state index contributed by atoms with van der Waals surface area (Å²) in [7, 11) is 1.90. The van der Waals surface area contributed by atoms with Crippen molar-refractivity contribution in [1.29, 1.82) is 0 Å². The summed E-state index contributed by atoms with van der Waals surface area (Å²) >= 11 is 1.33. The Balaban J connectivity index is 1.62. The number of hydrogen-bond donors (Lipinski definition) is 1. The van der Waals surface area contributed by atoms with Gasteiger partial charge in [-0.1, -0.05) is 81.9 Å². The van der Waals surface area contributed by atoms with Gasteiger partial charge in [-0.25, -0.2) is 0 Å². The maximum absolute atomic E-state index is 12.9. The molecule has 1 heterocycles. The molecule has 3 aromatic rings. The zero-order valence-corrected chi connectivity index (χ0v) is 22.3. The van der Waals surface area contributed by atoms with Crippen LogP contribution in [0.25, 0.3) is 11.4 Å². The van der Waals surface area contributed by atoms with Gasteiger partial charge in [-0.3, -0.25) is 9.59 Å². The van der Waals surface area contributed by atoms with Gasteiger partial charge in [-0.05, 0) is 36.0 Å². The fourth-order valence-corrected chi connectivity index (χ4v) is 4.48. The molecule has 0 radical (unpaired) electrons. The molecule has 2 aromatic carbocycles. The van der Waals surface area contributed by atoms with Crippen LogP contribution in [0.3, 0.4) is 0 Å². The minimum atomic E-state index is -0.203. The fraction of sp³-hybridized carbons (Fsp3) is 0.407. The van der Waals surface area contributed by atoms with E-state index >= 15 is 0 Å². The number of amides is 2. The lowest BCUT2D eigenvalue weighted by molar-refractivity contribution is -0.132. The van der Waals surface area contributed by atoms with Gasteiger partial charge in [0, 0.05) is 24.8 Å². The molecule has 2 amide bonds. The number of nitrogens with one attached hydrogen (secondary N) is 1. The monoisotopic (exact) mass is 493 g/mol. The number of anilines is 1. The molecule has 0 atom stereocenters. The summed E-state index contributed by atoms with van der Waals surface area (Å²) in [6.07, 6.45) is 0.771. The molecule has 0 aliphatic carbocycles. The predicted octanol–water partition coefficient (Wildman–Crippen LogP) is 5.06. The Morgan fingerprint density at radius 3 is 2.37 bits per heavy atom. The Labute approximate surface area is 212 Å². The SMILES string of the molecule is CCCN(CC(=O)Nc1ccccc1C)C(=O)CSc1nnc(-c2ccc(C(C)(C)C)cc2)n1C. The highest BCUT2D eigenvalue weighted by Gasteiger charge is 2.20. The van der Waals surface area contributed by atoms with Gasteiger partial charge in [0.25, 0.3) is 0 Å². The molecule has 0 saturated carbocycles. The highest BCUT2D eigenvalue weighted by Crippen LogP contribution is 2.27. The largest absolute Gasteiger partial charge is 0.333 e. The van der Waals surface area contributed by atoms with E-state index in [0.717, 1.165) is 29.1 Å². The van der Waals surface area contributed by atoms with E-state index in [9.17, 15) is 9.59 Å². The first-order valence-corrected chi connectivity index (χ1v) is 12.8. The number of para-hydroxylation sites is 1. The molecule has 1 N–H and O–H groups in total. The molecular formula is C27H35N5O2S. The van der Waals surface area contributed by atoms with E-state index in [1.807, 2.05) is 49.7 Å². The molecule has 0 fully saturated rings. The van der Waals surface area contributed by atoms with Crippen molar-refractivity contribution < 1.29 is 9.59 Å². The lowest BCUT2D eigenvalue weighted by atomic mass is 9.87. The van der Waals surface area contributed by atoms with Crippen molar-refractivity contribution in [2.45, 2.75) is 51.6 Å². The molecule has 3 rings (SSSR count). The van der Waals surface area contributed by atoms with Gasteiger partial charge < -0.3 is 14.8 Å². The Kier molecular flexibility index (Phi) is 8.72. The quantitative estimate of drug-likeness (QED) is 0.422. The molecule has 7 nitrogen and oxygen atoms in total. The second kappa shape index (κ2) is 11.5. The Bertz CT molecular complexity index is 1170. The lowest BCUT2D eigenvalue weighted by Gasteiger charge is -2.21. The van der Waals surface area contributed by atoms with E-state index in [4.69, 9.17) is 0 Å². The second-order valence-corrected chi connectivity index (χ2v) is 10.6. The minimum absolute atomic E-state index is 0.0196. The number of hydrogen-bond acceptors (Lipinski definition) is 5. The van der Waals surface area contributed by atoms with Crippen LogP contribution in [-0.2, 0) is 22.1 Å². The van der Waals surface area contributed by atoms with Crippen LogP contribution in [0.15, 0.2) is 53.7 Å². The van der Waals surface area contributed by atoms with Crippen LogP contribution in [0.5, 0.6) is 0 Å². The number of carbonyl (C=O) groups is 2. The topological polar surface area (TPSA) is 80.1 Å². The number of rotatable bonds is 9. The molecule has 0 aliphatic heterocycles. The van der Waals surface area contributed by atoms with Gasteiger partial charge >= 0.3 is 0 Å². The first kappa shape index (κ1) is 26.5. The predicted molar refractivity (Wildman–Crippen MR) is 143 cm³/mol. The van der Waals surface area contributed by atoms with Gasteiger partial charge in [-0.2, -0.15) is 0 Å². The Morgan fingerprint density at radius 2 is 1.74 bits per heavy atom. The maximum Gasteiger partial charge on any atom is 0.244 e. The number of thioether (sulfide) groups is 1. The van der Waals surface area contributed by atoms with E-state index in [2.05, 4.69) is 60.6 Å². The minimum Gasteiger partial charge on any atom is -0.333 e. The second-order valence-electron chi connectivity index (χ2n) is 9.66. The van der Waals surface area contributed by atoms with E-state index in [-0.39, 0.29) is 29.5 Å². The summed E-state index contributed by atoms with van der Waals surface area (Å²) in [6.45, 7) is 11.0. The average molecular weight is 494 g/mol. The highest BCUT2D eigenvalue weighted by molar-refractivity contribution is 7.99.